The largest absolute Gasteiger partial charge is 0.299 e. The second-order valence-corrected chi connectivity index (χ2v) is 8.07. The Balaban J connectivity index is 2.01. The molecular formula is C14H12Cl2N4OS2. The van der Waals surface area contributed by atoms with Crippen LogP contribution in [0.15, 0.2) is 22.5 Å². The maximum Gasteiger partial charge on any atom is 0.246 e. The highest BCUT2D eigenvalue weighted by atomic mass is 35.5. The molecule has 1 amide bonds. The van der Waals surface area contributed by atoms with Crippen molar-refractivity contribution in [3.8, 4) is 6.07 Å². The van der Waals surface area contributed by atoms with Gasteiger partial charge in [0.2, 0.25) is 11.0 Å². The molecule has 0 radical (unpaired) electrons. The highest BCUT2D eigenvalue weighted by Crippen LogP contribution is 2.33. The van der Waals surface area contributed by atoms with Crippen molar-refractivity contribution in [2.24, 2.45) is 5.41 Å². The van der Waals surface area contributed by atoms with Gasteiger partial charge in [-0.25, -0.2) is 0 Å². The first-order chi connectivity index (χ1) is 10.8. The Labute approximate surface area is 152 Å². The van der Waals surface area contributed by atoms with Crippen molar-refractivity contribution in [1.29, 1.82) is 5.26 Å². The molecule has 0 bridgehead atoms. The van der Waals surface area contributed by atoms with Gasteiger partial charge in [0.1, 0.15) is 5.41 Å². The van der Waals surface area contributed by atoms with E-state index in [0.29, 0.717) is 25.3 Å². The number of hydrogen-bond donors (Lipinski definition) is 1. The second-order valence-electron chi connectivity index (χ2n) is 5.05. The molecule has 0 aliphatic rings. The van der Waals surface area contributed by atoms with Crippen molar-refractivity contribution in [2.75, 3.05) is 5.32 Å². The molecule has 23 heavy (non-hydrogen) atoms. The molecule has 1 N–H and O–H groups in total. The zero-order chi connectivity index (χ0) is 17.0. The number of anilines is 1. The quantitative estimate of drug-likeness (QED) is 0.598. The fourth-order valence-electron chi connectivity index (χ4n) is 1.43. The number of amides is 1. The smallest absolute Gasteiger partial charge is 0.246 e. The Kier molecular flexibility index (Phi) is 5.87. The molecule has 0 aliphatic carbocycles. The third kappa shape index (κ3) is 4.58. The Morgan fingerprint density at radius 2 is 2.04 bits per heavy atom. The van der Waals surface area contributed by atoms with Crippen LogP contribution in [0, 0.1) is 16.7 Å². The average Bonchev–Trinajstić information content (AvgIpc) is 2.94. The molecule has 0 fully saturated rings. The van der Waals surface area contributed by atoms with Gasteiger partial charge in [-0.1, -0.05) is 52.4 Å². The number of carbonyl (C=O) groups is 1. The van der Waals surface area contributed by atoms with Crippen LogP contribution in [0.3, 0.4) is 0 Å². The van der Waals surface area contributed by atoms with E-state index in [-0.39, 0.29) is 0 Å². The number of nitrogens with zero attached hydrogens (tertiary/aromatic N) is 3. The summed E-state index contributed by atoms with van der Waals surface area (Å²) in [5, 5.41) is 21.0. The number of nitriles is 1. The number of thioether (sulfide) groups is 1. The molecule has 9 heteroatoms. The van der Waals surface area contributed by atoms with Gasteiger partial charge in [-0.15, -0.1) is 10.2 Å². The summed E-state index contributed by atoms with van der Waals surface area (Å²) in [5.41, 5.74) is -0.295. The lowest BCUT2D eigenvalue weighted by atomic mass is 9.95. The van der Waals surface area contributed by atoms with E-state index in [1.54, 1.807) is 32.0 Å². The molecule has 1 heterocycles. The maximum absolute atomic E-state index is 11.9. The topological polar surface area (TPSA) is 78.7 Å². The minimum Gasteiger partial charge on any atom is -0.299 e. The standard InChI is InChI=1S/C14H12Cl2N4OS2/c1-14(2,7-17)11(21)18-12-19-20-13(23-12)22-6-8-9(15)4-3-5-10(8)16/h3-5H,6H2,1-2H3,(H,18,19,21). The Morgan fingerprint density at radius 3 is 2.65 bits per heavy atom. The summed E-state index contributed by atoms with van der Waals surface area (Å²) in [7, 11) is 0. The molecule has 0 unspecified atom stereocenters. The molecule has 0 spiro atoms. The van der Waals surface area contributed by atoms with Crippen LogP contribution < -0.4 is 5.32 Å². The van der Waals surface area contributed by atoms with Gasteiger partial charge in [-0.05, 0) is 31.5 Å². The van der Waals surface area contributed by atoms with Gasteiger partial charge in [0, 0.05) is 15.8 Å². The van der Waals surface area contributed by atoms with Crippen molar-refractivity contribution < 1.29 is 4.79 Å². The third-order valence-corrected chi connectivity index (χ3v) is 5.58. The molecule has 2 aromatic rings. The number of benzene rings is 1. The van der Waals surface area contributed by atoms with Gasteiger partial charge in [0.25, 0.3) is 0 Å². The molecule has 0 saturated heterocycles. The number of halogens is 2. The Hall–Kier alpha value is -1.33. The van der Waals surface area contributed by atoms with E-state index in [1.807, 2.05) is 6.07 Å². The van der Waals surface area contributed by atoms with Crippen molar-refractivity contribution in [2.45, 2.75) is 23.9 Å². The number of carbonyl (C=O) groups excluding carboxylic acids is 1. The molecular weight excluding hydrogens is 375 g/mol. The van der Waals surface area contributed by atoms with Crippen molar-refractivity contribution in [1.82, 2.24) is 10.2 Å². The third-order valence-electron chi connectivity index (χ3n) is 2.88. The van der Waals surface area contributed by atoms with Crippen molar-refractivity contribution in [3.05, 3.63) is 33.8 Å². The minimum absolute atomic E-state index is 0.353. The van der Waals surface area contributed by atoms with Gasteiger partial charge in [-0.3, -0.25) is 10.1 Å². The zero-order valence-electron chi connectivity index (χ0n) is 12.3. The van der Waals surface area contributed by atoms with Crippen LogP contribution in [-0.2, 0) is 10.5 Å². The number of hydrogen-bond acceptors (Lipinski definition) is 6. The predicted octanol–water partition coefficient (Wildman–Crippen LogP) is 4.63. The summed E-state index contributed by atoms with van der Waals surface area (Å²) in [6, 6.07) is 7.28. The maximum atomic E-state index is 11.9. The van der Waals surface area contributed by atoms with Crippen LogP contribution in [-0.4, -0.2) is 16.1 Å². The number of rotatable bonds is 5. The van der Waals surface area contributed by atoms with Crippen LogP contribution in [0.25, 0.3) is 0 Å². The predicted molar refractivity (Wildman–Crippen MR) is 94.0 cm³/mol. The van der Waals surface area contributed by atoms with Crippen molar-refractivity contribution >= 4 is 57.3 Å². The first-order valence-electron chi connectivity index (χ1n) is 6.45. The summed E-state index contributed by atoms with van der Waals surface area (Å²) in [4.78, 5) is 11.9. The van der Waals surface area contributed by atoms with E-state index in [2.05, 4.69) is 15.5 Å². The molecule has 1 aromatic carbocycles. The normalized spacial score (nSPS) is 11.1. The minimum atomic E-state index is -1.12. The summed E-state index contributed by atoms with van der Waals surface area (Å²) >= 11 is 14.9. The van der Waals surface area contributed by atoms with E-state index in [0.717, 1.165) is 5.56 Å². The fourth-order valence-corrected chi connectivity index (χ4v) is 3.92. The van der Waals surface area contributed by atoms with Gasteiger partial charge in [0.15, 0.2) is 4.34 Å². The van der Waals surface area contributed by atoms with Crippen molar-refractivity contribution in [3.63, 3.8) is 0 Å². The zero-order valence-corrected chi connectivity index (χ0v) is 15.4. The van der Waals surface area contributed by atoms with E-state index in [9.17, 15) is 4.79 Å². The molecule has 0 atom stereocenters. The first-order valence-corrected chi connectivity index (χ1v) is 9.01. The monoisotopic (exact) mass is 386 g/mol. The SMILES string of the molecule is CC(C)(C#N)C(=O)Nc1nnc(SCc2c(Cl)cccc2Cl)s1. The van der Waals surface area contributed by atoms with E-state index in [4.69, 9.17) is 28.5 Å². The van der Waals surface area contributed by atoms with E-state index < -0.39 is 11.3 Å². The van der Waals surface area contributed by atoms with E-state index >= 15 is 0 Å². The van der Waals surface area contributed by atoms with Crippen LogP contribution in [0.5, 0.6) is 0 Å². The highest BCUT2D eigenvalue weighted by Gasteiger charge is 2.28. The van der Waals surface area contributed by atoms with Gasteiger partial charge >= 0.3 is 0 Å². The molecule has 5 nitrogen and oxygen atoms in total. The highest BCUT2D eigenvalue weighted by molar-refractivity contribution is 8.00. The fraction of sp³-hybridized carbons (Fsp3) is 0.286. The summed E-state index contributed by atoms with van der Waals surface area (Å²) in [5.74, 6) is 0.131. The van der Waals surface area contributed by atoms with Crippen LogP contribution in [0.4, 0.5) is 5.13 Å². The lowest BCUT2D eigenvalue weighted by Crippen LogP contribution is -2.29. The molecule has 0 saturated carbocycles. The summed E-state index contributed by atoms with van der Waals surface area (Å²) in [6.45, 7) is 3.08. The Morgan fingerprint density at radius 1 is 1.39 bits per heavy atom. The molecule has 2 rings (SSSR count). The molecule has 0 aliphatic heterocycles. The first kappa shape index (κ1) is 18.0. The lowest BCUT2D eigenvalue weighted by molar-refractivity contribution is -0.121. The van der Waals surface area contributed by atoms with Crippen LogP contribution in [0.1, 0.15) is 19.4 Å². The molecule has 1 aromatic heterocycles. The summed E-state index contributed by atoms with van der Waals surface area (Å²) in [6.07, 6.45) is 0. The molecule has 120 valence electrons. The van der Waals surface area contributed by atoms with Gasteiger partial charge in [-0.2, -0.15) is 5.26 Å². The van der Waals surface area contributed by atoms with Gasteiger partial charge in [0.05, 0.1) is 6.07 Å². The van der Waals surface area contributed by atoms with E-state index in [1.165, 1.54) is 23.1 Å². The Bertz CT molecular complexity index is 750. The second kappa shape index (κ2) is 7.49. The lowest BCUT2D eigenvalue weighted by Gasteiger charge is -2.12. The van der Waals surface area contributed by atoms with Crippen LogP contribution >= 0.6 is 46.3 Å². The number of aromatic nitrogens is 2. The number of nitrogens with one attached hydrogen (secondary N) is 1. The van der Waals surface area contributed by atoms with Crippen LogP contribution in [0.2, 0.25) is 10.0 Å². The summed E-state index contributed by atoms with van der Waals surface area (Å²) < 4.78 is 0.672. The average molecular weight is 387 g/mol. The van der Waals surface area contributed by atoms with Gasteiger partial charge < -0.3 is 0 Å².